The van der Waals surface area contributed by atoms with E-state index in [0.717, 1.165) is 15.9 Å². The first kappa shape index (κ1) is 21.2. The van der Waals surface area contributed by atoms with Crippen LogP contribution in [0.2, 0.25) is 0 Å². The zero-order chi connectivity index (χ0) is 22.1. The van der Waals surface area contributed by atoms with Crippen molar-refractivity contribution in [2.45, 2.75) is 18.9 Å². The molecule has 1 amide bonds. The Balaban J connectivity index is 1.91. The maximum absolute atomic E-state index is 13.0. The molecule has 2 aromatic heterocycles. The van der Waals surface area contributed by atoms with Gasteiger partial charge in [-0.2, -0.15) is 36.1 Å². The molecule has 7 nitrogen and oxygen atoms in total. The molecule has 0 saturated carbocycles. The molecule has 0 N–H and O–H groups in total. The van der Waals surface area contributed by atoms with Crippen molar-refractivity contribution in [3.8, 4) is 5.95 Å². The first-order chi connectivity index (χ1) is 14.0. The molecule has 2 heterocycles. The second kappa shape index (κ2) is 7.72. The minimum absolute atomic E-state index is 0.0187. The van der Waals surface area contributed by atoms with E-state index in [4.69, 9.17) is 0 Å². The Labute approximate surface area is 165 Å². The third kappa shape index (κ3) is 4.55. The maximum Gasteiger partial charge on any atom is 0.416 e. The van der Waals surface area contributed by atoms with Gasteiger partial charge in [0, 0.05) is 26.0 Å². The molecule has 0 fully saturated rings. The molecular weight excluding hydrogens is 418 g/mol. The number of halogens is 6. The van der Waals surface area contributed by atoms with E-state index in [1.165, 1.54) is 25.5 Å². The molecule has 0 radical (unpaired) electrons. The smallest absolute Gasteiger partial charge is 0.335 e. The van der Waals surface area contributed by atoms with Crippen LogP contribution in [0.25, 0.3) is 5.95 Å². The van der Waals surface area contributed by atoms with Gasteiger partial charge in [-0.25, -0.2) is 15.0 Å². The summed E-state index contributed by atoms with van der Waals surface area (Å²) in [7, 11) is 1.21. The first-order valence-corrected chi connectivity index (χ1v) is 8.18. The van der Waals surface area contributed by atoms with Gasteiger partial charge >= 0.3 is 12.4 Å². The zero-order valence-corrected chi connectivity index (χ0v) is 15.1. The SMILES string of the molecule is CN(Cc1cc(C(F)(F)F)cc(C(F)(F)F)c1)C(=O)c1ncnn1-c1ncccn1. The van der Waals surface area contributed by atoms with E-state index in [1.807, 2.05) is 0 Å². The fourth-order valence-corrected chi connectivity index (χ4v) is 2.56. The topological polar surface area (TPSA) is 76.8 Å². The summed E-state index contributed by atoms with van der Waals surface area (Å²) >= 11 is 0. The lowest BCUT2D eigenvalue weighted by molar-refractivity contribution is -0.143. The molecule has 0 atom stereocenters. The van der Waals surface area contributed by atoms with Gasteiger partial charge in [0.2, 0.25) is 5.82 Å². The maximum atomic E-state index is 13.0. The highest BCUT2D eigenvalue weighted by atomic mass is 19.4. The predicted molar refractivity (Wildman–Crippen MR) is 89.2 cm³/mol. The van der Waals surface area contributed by atoms with Crippen LogP contribution in [-0.4, -0.2) is 42.6 Å². The van der Waals surface area contributed by atoms with Gasteiger partial charge in [0.05, 0.1) is 11.1 Å². The summed E-state index contributed by atoms with van der Waals surface area (Å²) in [6.07, 6.45) is -6.14. The molecular formula is C17H12F6N6O. The van der Waals surface area contributed by atoms with Crippen molar-refractivity contribution >= 4 is 5.91 Å². The number of carbonyl (C=O) groups is 1. The van der Waals surface area contributed by atoms with Crippen molar-refractivity contribution in [1.29, 1.82) is 0 Å². The van der Waals surface area contributed by atoms with E-state index in [2.05, 4.69) is 20.1 Å². The number of hydrogen-bond donors (Lipinski definition) is 0. The highest BCUT2D eigenvalue weighted by Gasteiger charge is 2.37. The predicted octanol–water partition coefficient (Wildman–Crippen LogP) is 3.37. The second-order valence-electron chi connectivity index (χ2n) is 6.12. The van der Waals surface area contributed by atoms with Gasteiger partial charge in [0.1, 0.15) is 6.33 Å². The van der Waals surface area contributed by atoms with Crippen LogP contribution in [0.1, 0.15) is 27.3 Å². The van der Waals surface area contributed by atoms with Gasteiger partial charge in [-0.15, -0.1) is 0 Å². The molecule has 0 bridgehead atoms. The fourth-order valence-electron chi connectivity index (χ4n) is 2.56. The molecule has 158 valence electrons. The number of nitrogens with zero attached hydrogens (tertiary/aromatic N) is 6. The number of amides is 1. The third-order valence-electron chi connectivity index (χ3n) is 3.89. The summed E-state index contributed by atoms with van der Waals surface area (Å²) in [6, 6.07) is 2.67. The van der Waals surface area contributed by atoms with Gasteiger partial charge in [-0.1, -0.05) is 0 Å². The summed E-state index contributed by atoms with van der Waals surface area (Å²) in [5.74, 6) is -1.04. The van der Waals surface area contributed by atoms with Crippen LogP contribution in [0.5, 0.6) is 0 Å². The Morgan fingerprint density at radius 2 is 1.53 bits per heavy atom. The Bertz CT molecular complexity index is 1010. The van der Waals surface area contributed by atoms with Crippen molar-refractivity contribution in [3.05, 3.63) is 65.5 Å². The molecule has 3 rings (SSSR count). The lowest BCUT2D eigenvalue weighted by Crippen LogP contribution is -2.29. The van der Waals surface area contributed by atoms with Gasteiger partial charge in [-0.3, -0.25) is 4.79 Å². The molecule has 30 heavy (non-hydrogen) atoms. The van der Waals surface area contributed by atoms with E-state index < -0.39 is 35.9 Å². The lowest BCUT2D eigenvalue weighted by Gasteiger charge is -2.19. The number of rotatable bonds is 4. The average Bonchev–Trinajstić information content (AvgIpc) is 3.16. The quantitative estimate of drug-likeness (QED) is 0.594. The van der Waals surface area contributed by atoms with Crippen molar-refractivity contribution in [3.63, 3.8) is 0 Å². The van der Waals surface area contributed by atoms with Crippen LogP contribution < -0.4 is 0 Å². The normalized spacial score (nSPS) is 12.1. The Morgan fingerprint density at radius 1 is 0.967 bits per heavy atom. The number of alkyl halides is 6. The van der Waals surface area contributed by atoms with E-state index in [9.17, 15) is 31.1 Å². The standard InChI is InChI=1S/C17H12F6N6O/c1-28(14(30)13-26-9-27-29(13)15-24-3-2-4-25-15)8-10-5-11(16(18,19)20)7-12(6-10)17(21,22)23/h2-7,9H,8H2,1H3. The summed E-state index contributed by atoms with van der Waals surface area (Å²) in [6.45, 7) is -0.533. The summed E-state index contributed by atoms with van der Waals surface area (Å²) in [5, 5.41) is 3.83. The van der Waals surface area contributed by atoms with Gasteiger partial charge in [0.15, 0.2) is 0 Å². The number of aromatic nitrogens is 5. The largest absolute Gasteiger partial charge is 0.416 e. The summed E-state index contributed by atoms with van der Waals surface area (Å²) in [5.41, 5.74) is -3.28. The van der Waals surface area contributed by atoms with E-state index >= 15 is 0 Å². The number of benzene rings is 1. The zero-order valence-electron chi connectivity index (χ0n) is 15.1. The summed E-state index contributed by atoms with van der Waals surface area (Å²) < 4.78 is 79.1. The van der Waals surface area contributed by atoms with Crippen LogP contribution in [0.4, 0.5) is 26.3 Å². The Kier molecular flexibility index (Phi) is 5.46. The molecule has 1 aromatic carbocycles. The van der Waals surface area contributed by atoms with Crippen LogP contribution >= 0.6 is 0 Å². The Hall–Kier alpha value is -3.51. The molecule has 0 unspecified atom stereocenters. The molecule has 0 aliphatic heterocycles. The molecule has 13 heteroatoms. The molecule has 0 saturated heterocycles. The number of hydrogen-bond acceptors (Lipinski definition) is 5. The van der Waals surface area contributed by atoms with E-state index in [0.29, 0.717) is 12.1 Å². The lowest BCUT2D eigenvalue weighted by atomic mass is 10.0. The first-order valence-electron chi connectivity index (χ1n) is 8.18. The monoisotopic (exact) mass is 430 g/mol. The number of carbonyl (C=O) groups excluding carboxylic acids is 1. The Morgan fingerprint density at radius 3 is 2.07 bits per heavy atom. The van der Waals surface area contributed by atoms with Crippen molar-refractivity contribution in [1.82, 2.24) is 29.6 Å². The van der Waals surface area contributed by atoms with Crippen molar-refractivity contribution in [2.24, 2.45) is 0 Å². The van der Waals surface area contributed by atoms with Crippen molar-refractivity contribution in [2.75, 3.05) is 7.05 Å². The minimum atomic E-state index is -4.98. The average molecular weight is 430 g/mol. The van der Waals surface area contributed by atoms with Crippen LogP contribution in [0.3, 0.4) is 0 Å². The second-order valence-corrected chi connectivity index (χ2v) is 6.12. The summed E-state index contributed by atoms with van der Waals surface area (Å²) in [4.78, 5) is 25.2. The van der Waals surface area contributed by atoms with Crippen LogP contribution in [0.15, 0.2) is 43.0 Å². The van der Waals surface area contributed by atoms with Crippen molar-refractivity contribution < 1.29 is 31.1 Å². The van der Waals surface area contributed by atoms with Gasteiger partial charge < -0.3 is 4.90 Å². The molecule has 0 aliphatic carbocycles. The van der Waals surface area contributed by atoms with E-state index in [1.54, 1.807) is 0 Å². The van der Waals surface area contributed by atoms with Crippen LogP contribution in [-0.2, 0) is 18.9 Å². The molecule has 0 aliphatic rings. The minimum Gasteiger partial charge on any atom is -0.335 e. The molecule has 0 spiro atoms. The van der Waals surface area contributed by atoms with Gasteiger partial charge in [0.25, 0.3) is 11.9 Å². The van der Waals surface area contributed by atoms with E-state index in [-0.39, 0.29) is 23.4 Å². The van der Waals surface area contributed by atoms with Crippen LogP contribution in [0, 0.1) is 0 Å². The fraction of sp³-hybridized carbons (Fsp3) is 0.235. The third-order valence-corrected chi connectivity index (χ3v) is 3.89. The van der Waals surface area contributed by atoms with Gasteiger partial charge in [-0.05, 0) is 29.8 Å². The highest BCUT2D eigenvalue weighted by Crippen LogP contribution is 2.36. The highest BCUT2D eigenvalue weighted by molar-refractivity contribution is 5.90. The molecule has 3 aromatic rings.